The SMILES string of the molecule is C[C@H](Nc1ccc(OCc2ccccn2)c(Cl)c1)c1nc(C2CC2)no1. The molecule has 0 amide bonds. The minimum absolute atomic E-state index is 0.105. The largest absolute Gasteiger partial charge is 0.486 e. The van der Waals surface area contributed by atoms with E-state index in [9.17, 15) is 0 Å². The zero-order valence-electron chi connectivity index (χ0n) is 14.4. The number of halogens is 1. The van der Waals surface area contributed by atoms with Crippen LogP contribution in [0.3, 0.4) is 0 Å². The molecule has 2 heterocycles. The Morgan fingerprint density at radius 1 is 1.31 bits per heavy atom. The van der Waals surface area contributed by atoms with Crippen molar-refractivity contribution in [3.63, 3.8) is 0 Å². The number of benzene rings is 1. The fourth-order valence-corrected chi connectivity index (χ4v) is 2.82. The van der Waals surface area contributed by atoms with E-state index < -0.39 is 0 Å². The second-order valence-electron chi connectivity index (χ2n) is 6.39. The molecule has 0 bridgehead atoms. The van der Waals surface area contributed by atoms with Crippen LogP contribution in [-0.4, -0.2) is 15.1 Å². The lowest BCUT2D eigenvalue weighted by Gasteiger charge is -2.13. The van der Waals surface area contributed by atoms with Gasteiger partial charge in [0.25, 0.3) is 0 Å². The first-order valence-corrected chi connectivity index (χ1v) is 8.99. The van der Waals surface area contributed by atoms with Gasteiger partial charge >= 0.3 is 0 Å². The molecule has 1 fully saturated rings. The number of pyridine rings is 1. The lowest BCUT2D eigenvalue weighted by atomic mass is 10.2. The van der Waals surface area contributed by atoms with Gasteiger partial charge in [-0.2, -0.15) is 4.98 Å². The van der Waals surface area contributed by atoms with Crippen molar-refractivity contribution in [3.05, 3.63) is 65.0 Å². The van der Waals surface area contributed by atoms with E-state index in [0.29, 0.717) is 29.2 Å². The van der Waals surface area contributed by atoms with Crippen molar-refractivity contribution in [3.8, 4) is 5.75 Å². The summed E-state index contributed by atoms with van der Waals surface area (Å²) in [5.74, 6) is 2.48. The fourth-order valence-electron chi connectivity index (χ4n) is 2.59. The number of aromatic nitrogens is 3. The number of ether oxygens (including phenoxy) is 1. The van der Waals surface area contributed by atoms with Crippen molar-refractivity contribution in [2.24, 2.45) is 0 Å². The molecule has 7 heteroatoms. The van der Waals surface area contributed by atoms with Gasteiger partial charge in [-0.05, 0) is 50.1 Å². The van der Waals surface area contributed by atoms with Crippen molar-refractivity contribution in [2.45, 2.75) is 38.3 Å². The van der Waals surface area contributed by atoms with Crippen molar-refractivity contribution in [1.82, 2.24) is 15.1 Å². The Bertz CT molecular complexity index is 880. The van der Waals surface area contributed by atoms with E-state index in [1.807, 2.05) is 43.3 Å². The number of hydrogen-bond acceptors (Lipinski definition) is 6. The average Bonchev–Trinajstić information content (AvgIpc) is 3.38. The monoisotopic (exact) mass is 370 g/mol. The molecule has 26 heavy (non-hydrogen) atoms. The first-order chi connectivity index (χ1) is 12.7. The topological polar surface area (TPSA) is 73.1 Å². The van der Waals surface area contributed by atoms with Gasteiger partial charge in [-0.1, -0.05) is 22.8 Å². The highest BCUT2D eigenvalue weighted by atomic mass is 35.5. The van der Waals surface area contributed by atoms with E-state index in [-0.39, 0.29) is 6.04 Å². The maximum atomic E-state index is 6.34. The average molecular weight is 371 g/mol. The molecule has 134 valence electrons. The summed E-state index contributed by atoms with van der Waals surface area (Å²) < 4.78 is 11.1. The van der Waals surface area contributed by atoms with Gasteiger partial charge in [-0.15, -0.1) is 0 Å². The van der Waals surface area contributed by atoms with Gasteiger partial charge in [0.1, 0.15) is 18.4 Å². The zero-order chi connectivity index (χ0) is 17.9. The smallest absolute Gasteiger partial charge is 0.248 e. The van der Waals surface area contributed by atoms with Gasteiger partial charge in [0.05, 0.1) is 10.7 Å². The van der Waals surface area contributed by atoms with E-state index in [1.54, 1.807) is 6.20 Å². The van der Waals surface area contributed by atoms with Gasteiger partial charge in [-0.3, -0.25) is 4.98 Å². The first kappa shape index (κ1) is 16.8. The predicted octanol–water partition coefficient (Wildman–Crippen LogP) is 4.75. The summed E-state index contributed by atoms with van der Waals surface area (Å²) in [5, 5.41) is 7.90. The summed E-state index contributed by atoms with van der Waals surface area (Å²) in [5.41, 5.74) is 1.71. The summed E-state index contributed by atoms with van der Waals surface area (Å²) in [4.78, 5) is 8.70. The maximum Gasteiger partial charge on any atom is 0.248 e. The minimum Gasteiger partial charge on any atom is -0.486 e. The van der Waals surface area contributed by atoms with Crippen LogP contribution < -0.4 is 10.1 Å². The highest BCUT2D eigenvalue weighted by Crippen LogP contribution is 2.38. The van der Waals surface area contributed by atoms with Crippen LogP contribution in [0, 0.1) is 0 Å². The van der Waals surface area contributed by atoms with Crippen LogP contribution in [0.4, 0.5) is 5.69 Å². The van der Waals surface area contributed by atoms with Crippen LogP contribution in [0.2, 0.25) is 5.02 Å². The van der Waals surface area contributed by atoms with Gasteiger partial charge in [0.15, 0.2) is 5.82 Å². The van der Waals surface area contributed by atoms with E-state index in [4.69, 9.17) is 20.9 Å². The van der Waals surface area contributed by atoms with Crippen LogP contribution in [0.1, 0.15) is 49.1 Å². The Balaban J connectivity index is 1.38. The van der Waals surface area contributed by atoms with Crippen LogP contribution >= 0.6 is 11.6 Å². The molecule has 0 spiro atoms. The normalized spacial score (nSPS) is 14.8. The molecule has 6 nitrogen and oxygen atoms in total. The first-order valence-electron chi connectivity index (χ1n) is 8.61. The Kier molecular flexibility index (Phi) is 4.75. The summed E-state index contributed by atoms with van der Waals surface area (Å²) in [6, 6.07) is 11.2. The van der Waals surface area contributed by atoms with E-state index in [0.717, 1.165) is 30.0 Å². The summed E-state index contributed by atoms with van der Waals surface area (Å²) in [7, 11) is 0. The molecule has 1 aliphatic rings. The van der Waals surface area contributed by atoms with Gasteiger partial charge in [-0.25, -0.2) is 0 Å². The van der Waals surface area contributed by atoms with E-state index in [1.165, 1.54) is 0 Å². The van der Waals surface area contributed by atoms with Crippen LogP contribution in [0.15, 0.2) is 47.1 Å². The third-order valence-electron chi connectivity index (χ3n) is 4.19. The standard InChI is InChI=1S/C19H19ClN4O2/c1-12(19-23-18(24-26-19)13-5-6-13)22-14-7-8-17(16(20)10-14)25-11-15-4-2-3-9-21-15/h2-4,7-10,12-13,22H,5-6,11H2,1H3/t12-/m0/s1. The minimum atomic E-state index is -0.105. The maximum absolute atomic E-state index is 6.34. The summed E-state index contributed by atoms with van der Waals surface area (Å²) in [6.45, 7) is 2.35. The number of nitrogens with zero attached hydrogens (tertiary/aromatic N) is 3. The molecule has 0 saturated heterocycles. The second-order valence-corrected chi connectivity index (χ2v) is 6.79. The second kappa shape index (κ2) is 7.33. The molecule has 2 aromatic heterocycles. The molecule has 0 radical (unpaired) electrons. The van der Waals surface area contributed by atoms with E-state index >= 15 is 0 Å². The number of rotatable bonds is 7. The van der Waals surface area contributed by atoms with Crippen molar-refractivity contribution in [1.29, 1.82) is 0 Å². The molecule has 1 atom stereocenters. The third kappa shape index (κ3) is 3.96. The number of anilines is 1. The molecular formula is C19H19ClN4O2. The predicted molar refractivity (Wildman–Crippen MR) is 98.3 cm³/mol. The van der Waals surface area contributed by atoms with Crippen LogP contribution in [0.25, 0.3) is 0 Å². The lowest BCUT2D eigenvalue weighted by Crippen LogP contribution is -2.07. The van der Waals surface area contributed by atoms with Crippen LogP contribution in [-0.2, 0) is 6.61 Å². The fraction of sp³-hybridized carbons (Fsp3) is 0.316. The zero-order valence-corrected chi connectivity index (χ0v) is 15.1. The Morgan fingerprint density at radius 2 is 2.19 bits per heavy atom. The van der Waals surface area contributed by atoms with Crippen molar-refractivity contribution in [2.75, 3.05) is 5.32 Å². The molecule has 0 aliphatic heterocycles. The van der Waals surface area contributed by atoms with Gasteiger partial charge < -0.3 is 14.6 Å². The van der Waals surface area contributed by atoms with Gasteiger partial charge in [0, 0.05) is 17.8 Å². The molecule has 1 saturated carbocycles. The number of hydrogen-bond donors (Lipinski definition) is 1. The highest BCUT2D eigenvalue weighted by Gasteiger charge is 2.29. The Labute approximate surface area is 156 Å². The molecule has 4 rings (SSSR count). The Hall–Kier alpha value is -2.60. The molecule has 3 aromatic rings. The highest BCUT2D eigenvalue weighted by molar-refractivity contribution is 6.32. The summed E-state index contributed by atoms with van der Waals surface area (Å²) in [6.07, 6.45) is 4.04. The van der Waals surface area contributed by atoms with Crippen molar-refractivity contribution >= 4 is 17.3 Å². The molecule has 1 aliphatic carbocycles. The lowest BCUT2D eigenvalue weighted by molar-refractivity contribution is 0.301. The molecular weight excluding hydrogens is 352 g/mol. The molecule has 1 N–H and O–H groups in total. The quantitative estimate of drug-likeness (QED) is 0.647. The molecule has 0 unspecified atom stereocenters. The van der Waals surface area contributed by atoms with Crippen molar-refractivity contribution < 1.29 is 9.26 Å². The Morgan fingerprint density at radius 3 is 2.92 bits per heavy atom. The third-order valence-corrected chi connectivity index (χ3v) is 4.48. The molecule has 1 aromatic carbocycles. The van der Waals surface area contributed by atoms with E-state index in [2.05, 4.69) is 20.4 Å². The van der Waals surface area contributed by atoms with Crippen LogP contribution in [0.5, 0.6) is 5.75 Å². The number of nitrogens with one attached hydrogen (secondary N) is 1. The van der Waals surface area contributed by atoms with Gasteiger partial charge in [0.2, 0.25) is 5.89 Å². The summed E-state index contributed by atoms with van der Waals surface area (Å²) >= 11 is 6.34.